The van der Waals surface area contributed by atoms with Crippen molar-refractivity contribution in [3.63, 3.8) is 0 Å². The van der Waals surface area contributed by atoms with Crippen molar-refractivity contribution in [3.8, 4) is 0 Å². The van der Waals surface area contributed by atoms with Gasteiger partial charge in [0.25, 0.3) is 5.56 Å². The lowest BCUT2D eigenvalue weighted by Crippen LogP contribution is -2.37. The molecule has 0 saturated carbocycles. The largest absolute Gasteiger partial charge is 0.328 e. The van der Waals surface area contributed by atoms with Crippen molar-refractivity contribution in [2.75, 3.05) is 0 Å². The summed E-state index contributed by atoms with van der Waals surface area (Å²) in [4.78, 5) is 33.9. The number of carbonyl (C=O) groups excluding carboxylic acids is 1. The van der Waals surface area contributed by atoms with Gasteiger partial charge in [0.05, 0.1) is 23.5 Å². The van der Waals surface area contributed by atoms with E-state index in [-0.39, 0.29) is 17.5 Å². The zero-order chi connectivity index (χ0) is 24.6. The third-order valence-corrected chi connectivity index (χ3v) is 6.43. The van der Waals surface area contributed by atoms with Crippen LogP contribution >= 0.6 is 0 Å². The van der Waals surface area contributed by atoms with Crippen molar-refractivity contribution in [2.24, 2.45) is 0 Å². The second-order valence-corrected chi connectivity index (χ2v) is 9.00. The molecule has 0 fully saturated rings. The van der Waals surface area contributed by atoms with E-state index in [1.165, 1.54) is 0 Å². The molecular weight excluding hydrogens is 434 g/mol. The Balaban J connectivity index is 1.79. The van der Waals surface area contributed by atoms with Gasteiger partial charge in [0.2, 0.25) is 5.91 Å². The zero-order valence-corrected chi connectivity index (χ0v) is 20.6. The Kier molecular flexibility index (Phi) is 8.09. The van der Waals surface area contributed by atoms with Crippen molar-refractivity contribution in [3.05, 3.63) is 112 Å². The summed E-state index contributed by atoms with van der Waals surface area (Å²) in [5.41, 5.74) is 2.64. The summed E-state index contributed by atoms with van der Waals surface area (Å²) >= 11 is 0. The van der Waals surface area contributed by atoms with Gasteiger partial charge in [0.15, 0.2) is 0 Å². The molecule has 3 aromatic carbocycles. The molecule has 4 aromatic rings. The lowest BCUT2D eigenvalue weighted by Gasteiger charge is -2.31. The number of amides is 1. The van der Waals surface area contributed by atoms with E-state index in [0.29, 0.717) is 36.2 Å². The molecule has 1 atom stereocenters. The molecule has 1 heterocycles. The molecule has 0 aliphatic rings. The van der Waals surface area contributed by atoms with E-state index < -0.39 is 0 Å². The van der Waals surface area contributed by atoms with Crippen LogP contribution in [0.5, 0.6) is 0 Å². The SMILES string of the molecule is CCCCCC(=O)N(Cc1ccccc1)C(C)c1nc2ccccc2c(=O)n1Cc1ccccc1. The monoisotopic (exact) mass is 467 g/mol. The van der Waals surface area contributed by atoms with Crippen LogP contribution in [0, 0.1) is 0 Å². The van der Waals surface area contributed by atoms with E-state index in [4.69, 9.17) is 4.98 Å². The summed E-state index contributed by atoms with van der Waals surface area (Å²) in [6, 6.07) is 27.0. The highest BCUT2D eigenvalue weighted by Gasteiger charge is 2.26. The second-order valence-electron chi connectivity index (χ2n) is 9.00. The molecule has 0 spiro atoms. The highest BCUT2D eigenvalue weighted by Crippen LogP contribution is 2.24. The maximum atomic E-state index is 13.6. The Morgan fingerprint density at radius 2 is 1.51 bits per heavy atom. The molecule has 0 saturated heterocycles. The number of hydrogen-bond acceptors (Lipinski definition) is 3. The molecule has 0 bridgehead atoms. The first-order chi connectivity index (χ1) is 17.1. The standard InChI is InChI=1S/C30H33N3O2/c1-3-4-7-20-28(34)32(21-24-14-8-5-9-15-24)23(2)29-31-27-19-13-12-18-26(27)30(35)33(29)22-25-16-10-6-11-17-25/h5-6,8-19,23H,3-4,7,20-22H2,1-2H3. The van der Waals surface area contributed by atoms with Crippen LogP contribution in [0.25, 0.3) is 10.9 Å². The lowest BCUT2D eigenvalue weighted by molar-refractivity contribution is -0.134. The van der Waals surface area contributed by atoms with Crippen LogP contribution in [0.15, 0.2) is 89.7 Å². The van der Waals surface area contributed by atoms with Gasteiger partial charge in [-0.25, -0.2) is 4.98 Å². The Hall–Kier alpha value is -3.73. The van der Waals surface area contributed by atoms with E-state index in [1.54, 1.807) is 4.57 Å². The van der Waals surface area contributed by atoms with Gasteiger partial charge >= 0.3 is 0 Å². The molecule has 5 heteroatoms. The van der Waals surface area contributed by atoms with E-state index in [0.717, 1.165) is 30.4 Å². The lowest BCUT2D eigenvalue weighted by atomic mass is 10.1. The van der Waals surface area contributed by atoms with Crippen molar-refractivity contribution >= 4 is 16.8 Å². The smallest absolute Gasteiger partial charge is 0.261 e. The van der Waals surface area contributed by atoms with Gasteiger partial charge in [-0.15, -0.1) is 0 Å². The van der Waals surface area contributed by atoms with Gasteiger partial charge in [-0.05, 0) is 36.6 Å². The van der Waals surface area contributed by atoms with Crippen LogP contribution in [0.3, 0.4) is 0 Å². The number of fused-ring (bicyclic) bond motifs is 1. The Bertz CT molecular complexity index is 1320. The number of rotatable bonds is 10. The zero-order valence-electron chi connectivity index (χ0n) is 20.6. The summed E-state index contributed by atoms with van der Waals surface area (Å²) < 4.78 is 1.74. The molecule has 1 unspecified atom stereocenters. The summed E-state index contributed by atoms with van der Waals surface area (Å²) in [6.07, 6.45) is 3.42. The highest BCUT2D eigenvalue weighted by atomic mass is 16.2. The fraction of sp³-hybridized carbons (Fsp3) is 0.300. The van der Waals surface area contributed by atoms with Crippen molar-refractivity contribution in [1.29, 1.82) is 0 Å². The Morgan fingerprint density at radius 3 is 2.20 bits per heavy atom. The second kappa shape index (κ2) is 11.6. The number of carbonyl (C=O) groups is 1. The van der Waals surface area contributed by atoms with Gasteiger partial charge in [0, 0.05) is 13.0 Å². The van der Waals surface area contributed by atoms with Crippen molar-refractivity contribution < 1.29 is 4.79 Å². The first kappa shape index (κ1) is 24.4. The number of aromatic nitrogens is 2. The van der Waals surface area contributed by atoms with Crippen LogP contribution in [-0.4, -0.2) is 20.4 Å². The summed E-state index contributed by atoms with van der Waals surface area (Å²) in [6.45, 7) is 5.00. The maximum absolute atomic E-state index is 13.6. The molecule has 4 rings (SSSR count). The predicted octanol–water partition coefficient (Wildman–Crippen LogP) is 6.11. The Labute approximate surface area is 207 Å². The van der Waals surface area contributed by atoms with Gasteiger partial charge in [-0.3, -0.25) is 14.2 Å². The number of para-hydroxylation sites is 1. The third kappa shape index (κ3) is 5.86. The predicted molar refractivity (Wildman–Crippen MR) is 141 cm³/mol. The number of hydrogen-bond donors (Lipinski definition) is 0. The fourth-order valence-corrected chi connectivity index (χ4v) is 4.45. The number of nitrogens with zero attached hydrogens (tertiary/aromatic N) is 3. The molecule has 180 valence electrons. The number of benzene rings is 3. The quantitative estimate of drug-likeness (QED) is 0.264. The fourth-order valence-electron chi connectivity index (χ4n) is 4.45. The summed E-state index contributed by atoms with van der Waals surface area (Å²) in [7, 11) is 0. The average molecular weight is 468 g/mol. The first-order valence-electron chi connectivity index (χ1n) is 12.4. The molecule has 0 aliphatic heterocycles. The molecular formula is C30H33N3O2. The molecule has 0 aliphatic carbocycles. The molecule has 0 radical (unpaired) electrons. The van der Waals surface area contributed by atoms with Gasteiger partial charge < -0.3 is 4.90 Å². The minimum Gasteiger partial charge on any atom is -0.328 e. The van der Waals surface area contributed by atoms with Crippen LogP contribution in [-0.2, 0) is 17.9 Å². The minimum absolute atomic E-state index is 0.0839. The van der Waals surface area contributed by atoms with Crippen molar-refractivity contribution in [2.45, 2.75) is 58.7 Å². The van der Waals surface area contributed by atoms with Gasteiger partial charge in [-0.2, -0.15) is 0 Å². The summed E-state index contributed by atoms with van der Waals surface area (Å²) in [5.74, 6) is 0.695. The number of unbranched alkanes of at least 4 members (excludes halogenated alkanes) is 2. The third-order valence-electron chi connectivity index (χ3n) is 6.43. The van der Waals surface area contributed by atoms with Crippen molar-refractivity contribution in [1.82, 2.24) is 14.5 Å². The van der Waals surface area contributed by atoms with E-state index in [2.05, 4.69) is 6.92 Å². The molecule has 0 N–H and O–H groups in total. The summed E-state index contributed by atoms with van der Waals surface area (Å²) in [5, 5.41) is 0.586. The van der Waals surface area contributed by atoms with E-state index in [1.807, 2.05) is 96.8 Å². The van der Waals surface area contributed by atoms with Crippen LogP contribution in [0.1, 0.15) is 62.5 Å². The van der Waals surface area contributed by atoms with E-state index >= 15 is 0 Å². The molecule has 1 aromatic heterocycles. The maximum Gasteiger partial charge on any atom is 0.261 e. The highest BCUT2D eigenvalue weighted by molar-refractivity contribution is 5.78. The Morgan fingerprint density at radius 1 is 0.886 bits per heavy atom. The average Bonchev–Trinajstić information content (AvgIpc) is 2.89. The van der Waals surface area contributed by atoms with Crippen LogP contribution in [0.2, 0.25) is 0 Å². The minimum atomic E-state index is -0.370. The van der Waals surface area contributed by atoms with Gasteiger partial charge in [-0.1, -0.05) is 92.6 Å². The molecule has 35 heavy (non-hydrogen) atoms. The molecule has 1 amide bonds. The van der Waals surface area contributed by atoms with Crippen LogP contribution in [0.4, 0.5) is 0 Å². The normalized spacial score (nSPS) is 11.9. The van der Waals surface area contributed by atoms with Crippen LogP contribution < -0.4 is 5.56 Å². The van der Waals surface area contributed by atoms with Gasteiger partial charge in [0.1, 0.15) is 5.82 Å². The van der Waals surface area contributed by atoms with E-state index in [9.17, 15) is 9.59 Å². The molecule has 5 nitrogen and oxygen atoms in total. The topological polar surface area (TPSA) is 55.2 Å². The first-order valence-corrected chi connectivity index (χ1v) is 12.4.